The lowest BCUT2D eigenvalue weighted by Gasteiger charge is -2.21. The van der Waals surface area contributed by atoms with Gasteiger partial charge in [-0.15, -0.1) is 0 Å². The molecular weight excluding hydrogens is 310 g/mol. The van der Waals surface area contributed by atoms with Crippen molar-refractivity contribution in [2.75, 3.05) is 41.0 Å². The average Bonchev–Trinajstić information content (AvgIpc) is 3.03. The molecular formula is C17H27N3O4. The maximum atomic E-state index is 9.74. The number of hydrogen-bond donors (Lipinski definition) is 2. The van der Waals surface area contributed by atoms with E-state index in [1.807, 2.05) is 19.1 Å². The van der Waals surface area contributed by atoms with Crippen molar-refractivity contribution >= 4 is 5.96 Å². The van der Waals surface area contributed by atoms with Crippen molar-refractivity contribution in [3.05, 3.63) is 17.7 Å². The molecule has 1 aliphatic heterocycles. The minimum Gasteiger partial charge on any atom is -0.493 e. The smallest absolute Gasteiger partial charge is 0.203 e. The standard InChI is InChI=1S/C17H27N3O4/c1-5-18-17(20-9-8-13(21)11-20)19-10-12-6-7-14(22-2)16(24-4)15(12)23-3/h6-7,13,21H,5,8-11H2,1-4H3,(H,18,19)/t13-/m1/s1. The van der Waals surface area contributed by atoms with E-state index in [0.717, 1.165) is 31.0 Å². The van der Waals surface area contributed by atoms with Crippen LogP contribution in [0.25, 0.3) is 0 Å². The zero-order valence-electron chi connectivity index (χ0n) is 14.8. The summed E-state index contributed by atoms with van der Waals surface area (Å²) in [4.78, 5) is 6.75. The molecule has 1 aromatic carbocycles. The summed E-state index contributed by atoms with van der Waals surface area (Å²) in [5.74, 6) is 2.61. The lowest BCUT2D eigenvalue weighted by atomic mass is 10.1. The quantitative estimate of drug-likeness (QED) is 0.601. The number of aliphatic hydroxyl groups excluding tert-OH is 1. The summed E-state index contributed by atoms with van der Waals surface area (Å²) in [5, 5.41) is 13.0. The second-order valence-electron chi connectivity index (χ2n) is 5.55. The predicted molar refractivity (Wildman–Crippen MR) is 93.1 cm³/mol. The third kappa shape index (κ3) is 4.03. The molecule has 0 radical (unpaired) electrons. The Labute approximate surface area is 143 Å². The van der Waals surface area contributed by atoms with E-state index >= 15 is 0 Å². The van der Waals surface area contributed by atoms with Crippen LogP contribution in [0, 0.1) is 0 Å². The van der Waals surface area contributed by atoms with Crippen molar-refractivity contribution in [1.82, 2.24) is 10.2 Å². The monoisotopic (exact) mass is 337 g/mol. The predicted octanol–water partition coefficient (Wildman–Crippen LogP) is 1.24. The molecule has 1 saturated heterocycles. The molecule has 1 heterocycles. The summed E-state index contributed by atoms with van der Waals surface area (Å²) in [7, 11) is 4.78. The topological polar surface area (TPSA) is 75.6 Å². The van der Waals surface area contributed by atoms with E-state index in [4.69, 9.17) is 14.2 Å². The van der Waals surface area contributed by atoms with Crippen LogP contribution in [0.15, 0.2) is 17.1 Å². The first kappa shape index (κ1) is 18.2. The van der Waals surface area contributed by atoms with Gasteiger partial charge in [0, 0.05) is 25.2 Å². The molecule has 1 aliphatic rings. The number of benzene rings is 1. The van der Waals surface area contributed by atoms with E-state index in [1.54, 1.807) is 21.3 Å². The molecule has 24 heavy (non-hydrogen) atoms. The third-order valence-electron chi connectivity index (χ3n) is 3.98. The van der Waals surface area contributed by atoms with Gasteiger partial charge in [0.15, 0.2) is 17.5 Å². The molecule has 0 unspecified atom stereocenters. The summed E-state index contributed by atoms with van der Waals surface area (Å²) < 4.78 is 16.2. The van der Waals surface area contributed by atoms with Crippen LogP contribution >= 0.6 is 0 Å². The van der Waals surface area contributed by atoms with Gasteiger partial charge in [-0.2, -0.15) is 0 Å². The van der Waals surface area contributed by atoms with E-state index < -0.39 is 0 Å². The van der Waals surface area contributed by atoms with Gasteiger partial charge in [0.1, 0.15) is 0 Å². The Kier molecular flexibility index (Phi) is 6.54. The molecule has 0 saturated carbocycles. The Bertz CT molecular complexity index is 577. The van der Waals surface area contributed by atoms with E-state index in [2.05, 4.69) is 15.2 Å². The van der Waals surface area contributed by atoms with E-state index in [0.29, 0.717) is 30.3 Å². The van der Waals surface area contributed by atoms with Gasteiger partial charge in [0.25, 0.3) is 0 Å². The molecule has 0 aliphatic carbocycles. The number of nitrogens with one attached hydrogen (secondary N) is 1. The average molecular weight is 337 g/mol. The van der Waals surface area contributed by atoms with Gasteiger partial charge in [-0.05, 0) is 25.5 Å². The molecule has 7 heteroatoms. The molecule has 1 fully saturated rings. The minimum absolute atomic E-state index is 0.288. The highest BCUT2D eigenvalue weighted by molar-refractivity contribution is 5.80. The molecule has 2 N–H and O–H groups in total. The van der Waals surface area contributed by atoms with Crippen LogP contribution in [0.2, 0.25) is 0 Å². The van der Waals surface area contributed by atoms with Crippen LogP contribution in [0.5, 0.6) is 17.2 Å². The number of guanidine groups is 1. The fourth-order valence-corrected chi connectivity index (χ4v) is 2.81. The largest absolute Gasteiger partial charge is 0.493 e. The van der Waals surface area contributed by atoms with Crippen molar-refractivity contribution in [1.29, 1.82) is 0 Å². The number of aliphatic imine (C=N–C) groups is 1. The first-order valence-corrected chi connectivity index (χ1v) is 8.13. The van der Waals surface area contributed by atoms with Crippen LogP contribution in [-0.2, 0) is 6.54 Å². The van der Waals surface area contributed by atoms with Gasteiger partial charge in [-0.1, -0.05) is 0 Å². The number of hydrogen-bond acceptors (Lipinski definition) is 5. The number of ether oxygens (including phenoxy) is 3. The fourth-order valence-electron chi connectivity index (χ4n) is 2.81. The van der Waals surface area contributed by atoms with E-state index in [9.17, 15) is 5.11 Å². The zero-order valence-corrected chi connectivity index (χ0v) is 14.8. The number of aliphatic hydroxyl groups is 1. The second-order valence-corrected chi connectivity index (χ2v) is 5.55. The van der Waals surface area contributed by atoms with Crippen molar-refractivity contribution in [2.45, 2.75) is 26.0 Å². The molecule has 134 valence electrons. The normalized spacial score (nSPS) is 17.8. The highest BCUT2D eigenvalue weighted by atomic mass is 16.5. The first-order valence-electron chi connectivity index (χ1n) is 8.13. The molecule has 0 aromatic heterocycles. The number of β-amino-alcohol motifs (C(OH)–C–C–N with tert-alkyl or cyclic N) is 1. The Morgan fingerprint density at radius 1 is 1.25 bits per heavy atom. The summed E-state index contributed by atoms with van der Waals surface area (Å²) in [6, 6.07) is 3.77. The van der Waals surface area contributed by atoms with Gasteiger partial charge in [-0.3, -0.25) is 0 Å². The minimum atomic E-state index is -0.288. The van der Waals surface area contributed by atoms with Crippen LogP contribution in [-0.4, -0.2) is 63.0 Å². The molecule has 0 bridgehead atoms. The Hall–Kier alpha value is -2.15. The lowest BCUT2D eigenvalue weighted by molar-refractivity contribution is 0.188. The zero-order chi connectivity index (χ0) is 17.5. The van der Waals surface area contributed by atoms with Crippen LogP contribution in [0.4, 0.5) is 0 Å². The van der Waals surface area contributed by atoms with Crippen LogP contribution < -0.4 is 19.5 Å². The van der Waals surface area contributed by atoms with Crippen molar-refractivity contribution in [3.8, 4) is 17.2 Å². The molecule has 1 aromatic rings. The fraction of sp³-hybridized carbons (Fsp3) is 0.588. The maximum absolute atomic E-state index is 9.74. The third-order valence-corrected chi connectivity index (χ3v) is 3.98. The van der Waals surface area contributed by atoms with Crippen LogP contribution in [0.1, 0.15) is 18.9 Å². The summed E-state index contributed by atoms with van der Waals surface area (Å²) in [6.45, 7) is 4.65. The molecule has 7 nitrogen and oxygen atoms in total. The Morgan fingerprint density at radius 3 is 2.54 bits per heavy atom. The van der Waals surface area contributed by atoms with Crippen molar-refractivity contribution in [3.63, 3.8) is 0 Å². The highest BCUT2D eigenvalue weighted by Gasteiger charge is 2.23. The Balaban J connectivity index is 2.24. The van der Waals surface area contributed by atoms with Gasteiger partial charge in [-0.25, -0.2) is 4.99 Å². The summed E-state index contributed by atoms with van der Waals surface area (Å²) in [5.41, 5.74) is 0.908. The van der Waals surface area contributed by atoms with Gasteiger partial charge in [0.2, 0.25) is 5.75 Å². The molecule has 0 amide bonds. The van der Waals surface area contributed by atoms with Crippen molar-refractivity contribution < 1.29 is 19.3 Å². The summed E-state index contributed by atoms with van der Waals surface area (Å²) in [6.07, 6.45) is 0.480. The molecule has 1 atom stereocenters. The number of likely N-dealkylation sites (tertiary alicyclic amines) is 1. The van der Waals surface area contributed by atoms with Crippen LogP contribution in [0.3, 0.4) is 0 Å². The molecule has 0 spiro atoms. The maximum Gasteiger partial charge on any atom is 0.203 e. The van der Waals surface area contributed by atoms with Crippen molar-refractivity contribution in [2.24, 2.45) is 4.99 Å². The van der Waals surface area contributed by atoms with Gasteiger partial charge in [0.05, 0.1) is 34.0 Å². The first-order chi connectivity index (χ1) is 11.6. The van der Waals surface area contributed by atoms with Gasteiger partial charge < -0.3 is 29.5 Å². The number of methoxy groups -OCH3 is 3. The SMILES string of the molecule is CCNC(=NCc1ccc(OC)c(OC)c1OC)N1CC[C@@H](O)C1. The summed E-state index contributed by atoms with van der Waals surface area (Å²) >= 11 is 0. The lowest BCUT2D eigenvalue weighted by Crippen LogP contribution is -2.40. The Morgan fingerprint density at radius 2 is 2.00 bits per heavy atom. The second kappa shape index (κ2) is 8.63. The highest BCUT2D eigenvalue weighted by Crippen LogP contribution is 2.39. The number of rotatable bonds is 6. The van der Waals surface area contributed by atoms with E-state index in [-0.39, 0.29) is 6.10 Å². The van der Waals surface area contributed by atoms with Gasteiger partial charge >= 0.3 is 0 Å². The van der Waals surface area contributed by atoms with E-state index in [1.165, 1.54) is 0 Å². The molecule has 2 rings (SSSR count). The number of nitrogens with zero attached hydrogens (tertiary/aromatic N) is 2.